The van der Waals surface area contributed by atoms with Crippen molar-refractivity contribution in [1.82, 2.24) is 14.8 Å². The summed E-state index contributed by atoms with van der Waals surface area (Å²) in [5.41, 5.74) is 3.75. The third-order valence-corrected chi connectivity index (χ3v) is 4.09. The number of amides is 1. The molecule has 1 saturated heterocycles. The predicted octanol–water partition coefficient (Wildman–Crippen LogP) is 0.911. The van der Waals surface area contributed by atoms with Crippen LogP contribution in [-0.2, 0) is 12.8 Å². The zero-order valence-corrected chi connectivity index (χ0v) is 11.3. The Bertz CT molecular complexity index is 512. The van der Waals surface area contributed by atoms with Crippen LogP contribution < -0.4 is 0 Å². The number of hydrogen-bond donors (Lipinski definition) is 2. The van der Waals surface area contributed by atoms with Gasteiger partial charge in [0.1, 0.15) is 5.69 Å². The fourth-order valence-corrected chi connectivity index (χ4v) is 2.81. The molecule has 2 N–H and O–H groups in total. The minimum absolute atomic E-state index is 0.106. The Kier molecular flexibility index (Phi) is 3.14. The summed E-state index contributed by atoms with van der Waals surface area (Å²) in [6, 6.07) is 1.95. The zero-order chi connectivity index (χ0) is 13.4. The van der Waals surface area contributed by atoms with Gasteiger partial charge < -0.3 is 20.2 Å². The molecule has 2 aliphatic rings. The maximum atomic E-state index is 12.4. The van der Waals surface area contributed by atoms with Crippen molar-refractivity contribution in [3.05, 3.63) is 23.0 Å². The number of piperazine rings is 1. The molecule has 1 aromatic heterocycles. The van der Waals surface area contributed by atoms with Crippen LogP contribution in [0.3, 0.4) is 0 Å². The van der Waals surface area contributed by atoms with Crippen molar-refractivity contribution in [2.75, 3.05) is 33.2 Å². The van der Waals surface area contributed by atoms with Gasteiger partial charge in [-0.05, 0) is 31.5 Å². The van der Waals surface area contributed by atoms with Crippen LogP contribution in [0.4, 0.5) is 0 Å². The second kappa shape index (κ2) is 4.81. The number of rotatable bonds is 1. The predicted molar refractivity (Wildman–Crippen MR) is 73.9 cm³/mol. The molecule has 2 heterocycles. The average molecular weight is 260 g/mol. The summed E-state index contributed by atoms with van der Waals surface area (Å²) >= 11 is 0. The maximum absolute atomic E-state index is 12.4. The van der Waals surface area contributed by atoms with Gasteiger partial charge in [-0.25, -0.2) is 0 Å². The lowest BCUT2D eigenvalue weighted by molar-refractivity contribution is 0.0658. The summed E-state index contributed by atoms with van der Waals surface area (Å²) in [6.45, 7) is 3.48. The number of aryl methyl sites for hydroxylation is 1. The summed E-state index contributed by atoms with van der Waals surface area (Å²) in [4.78, 5) is 19.8. The molecule has 0 saturated carbocycles. The van der Waals surface area contributed by atoms with Gasteiger partial charge in [0.05, 0.1) is 0 Å². The van der Waals surface area contributed by atoms with Gasteiger partial charge in [-0.2, -0.15) is 0 Å². The molecule has 0 bridgehead atoms. The molecule has 0 aromatic carbocycles. The molecule has 5 heteroatoms. The van der Waals surface area contributed by atoms with Gasteiger partial charge in [-0.1, -0.05) is 0 Å². The number of carbonyl (C=O) groups excluding carboxylic acids is 1. The fourth-order valence-electron chi connectivity index (χ4n) is 2.81. The highest BCUT2D eigenvalue weighted by Gasteiger charge is 2.24. The number of aromatic nitrogens is 1. The Hall–Kier alpha value is -1.62. The number of nitrogens with one attached hydrogen (secondary N) is 2. The van der Waals surface area contributed by atoms with E-state index in [1.165, 1.54) is 0 Å². The summed E-state index contributed by atoms with van der Waals surface area (Å²) in [5.74, 6) is 0.106. The molecule has 3 rings (SSSR count). The number of nitrogens with zero attached hydrogens (tertiary/aromatic N) is 2. The molecule has 0 atom stereocenters. The van der Waals surface area contributed by atoms with Gasteiger partial charge in [0.25, 0.3) is 5.91 Å². The van der Waals surface area contributed by atoms with Crippen LogP contribution in [0.2, 0.25) is 0 Å². The number of carbonyl (C=O) groups is 1. The van der Waals surface area contributed by atoms with Gasteiger partial charge >= 0.3 is 0 Å². The maximum Gasteiger partial charge on any atom is 0.270 e. The molecule has 5 nitrogen and oxygen atoms in total. The summed E-state index contributed by atoms with van der Waals surface area (Å²) in [7, 11) is 2.08. The minimum atomic E-state index is 0.106. The van der Waals surface area contributed by atoms with E-state index in [1.54, 1.807) is 0 Å². The Morgan fingerprint density at radius 2 is 2.00 bits per heavy atom. The van der Waals surface area contributed by atoms with Crippen molar-refractivity contribution >= 4 is 11.6 Å². The lowest BCUT2D eigenvalue weighted by Gasteiger charge is -2.32. The molecule has 1 aromatic rings. The van der Waals surface area contributed by atoms with Gasteiger partial charge in [0.15, 0.2) is 0 Å². The van der Waals surface area contributed by atoms with E-state index < -0.39 is 0 Å². The van der Waals surface area contributed by atoms with Crippen LogP contribution >= 0.6 is 0 Å². The molecule has 1 fully saturated rings. The van der Waals surface area contributed by atoms with E-state index in [0.717, 1.165) is 56.0 Å². The molecular weight excluding hydrogens is 240 g/mol. The van der Waals surface area contributed by atoms with Crippen molar-refractivity contribution < 1.29 is 4.79 Å². The number of H-pyrrole nitrogens is 1. The topological polar surface area (TPSA) is 63.2 Å². The third-order valence-electron chi connectivity index (χ3n) is 4.09. The van der Waals surface area contributed by atoms with Gasteiger partial charge in [0.2, 0.25) is 0 Å². The Labute approximate surface area is 113 Å². The SMILES string of the molecule is CN1CCN(C(=O)c2cc3c([nH]2)CCC(=N)C3)CC1. The second-order valence-electron chi connectivity index (χ2n) is 5.56. The molecule has 0 unspecified atom stereocenters. The normalized spacial score (nSPS) is 20.5. The summed E-state index contributed by atoms with van der Waals surface area (Å²) in [6.07, 6.45) is 2.38. The van der Waals surface area contributed by atoms with E-state index in [2.05, 4.69) is 16.9 Å². The number of fused-ring (bicyclic) bond motifs is 1. The molecule has 1 aliphatic heterocycles. The van der Waals surface area contributed by atoms with Crippen molar-refractivity contribution in [2.45, 2.75) is 19.3 Å². The average Bonchev–Trinajstić information content (AvgIpc) is 2.81. The first-order chi connectivity index (χ1) is 9.13. The van der Waals surface area contributed by atoms with Crippen LogP contribution in [-0.4, -0.2) is 59.6 Å². The monoisotopic (exact) mass is 260 g/mol. The lowest BCUT2D eigenvalue weighted by Crippen LogP contribution is -2.47. The van der Waals surface area contributed by atoms with E-state index in [1.807, 2.05) is 11.0 Å². The first kappa shape index (κ1) is 12.4. The Balaban J connectivity index is 1.75. The highest BCUT2D eigenvalue weighted by atomic mass is 16.2. The number of hydrogen-bond acceptors (Lipinski definition) is 3. The largest absolute Gasteiger partial charge is 0.354 e. The van der Waals surface area contributed by atoms with Crippen molar-refractivity contribution in [1.29, 1.82) is 5.41 Å². The van der Waals surface area contributed by atoms with Gasteiger partial charge in [-0.15, -0.1) is 0 Å². The Morgan fingerprint density at radius 3 is 2.74 bits per heavy atom. The van der Waals surface area contributed by atoms with Gasteiger partial charge in [-0.3, -0.25) is 4.79 Å². The molecule has 0 spiro atoms. The molecule has 1 amide bonds. The van der Waals surface area contributed by atoms with Crippen LogP contribution in [0.1, 0.15) is 28.2 Å². The second-order valence-corrected chi connectivity index (χ2v) is 5.56. The molecule has 19 heavy (non-hydrogen) atoms. The number of likely N-dealkylation sites (N-methyl/N-ethyl adjacent to an activating group) is 1. The highest BCUT2D eigenvalue weighted by molar-refractivity contribution is 5.94. The third kappa shape index (κ3) is 2.42. The standard InChI is InChI=1S/C14H20N4O/c1-17-4-6-18(7-5-17)14(19)13-9-10-8-11(15)2-3-12(10)16-13/h9,15-16H,2-8H2,1H3. The smallest absolute Gasteiger partial charge is 0.270 e. The first-order valence-electron chi connectivity index (χ1n) is 6.88. The van der Waals surface area contributed by atoms with E-state index in [9.17, 15) is 4.79 Å². The van der Waals surface area contributed by atoms with E-state index >= 15 is 0 Å². The van der Waals surface area contributed by atoms with E-state index in [0.29, 0.717) is 12.1 Å². The first-order valence-corrected chi connectivity index (χ1v) is 6.88. The zero-order valence-electron chi connectivity index (χ0n) is 11.3. The van der Waals surface area contributed by atoms with Crippen LogP contribution in [0.25, 0.3) is 0 Å². The molecule has 0 radical (unpaired) electrons. The number of aromatic amines is 1. The van der Waals surface area contributed by atoms with Crippen LogP contribution in [0.5, 0.6) is 0 Å². The van der Waals surface area contributed by atoms with Crippen LogP contribution in [0.15, 0.2) is 6.07 Å². The Morgan fingerprint density at radius 1 is 1.26 bits per heavy atom. The van der Waals surface area contributed by atoms with Crippen LogP contribution in [0, 0.1) is 5.41 Å². The quantitative estimate of drug-likeness (QED) is 0.788. The van der Waals surface area contributed by atoms with Gasteiger partial charge in [0, 0.05) is 44.0 Å². The van der Waals surface area contributed by atoms with E-state index in [-0.39, 0.29) is 5.91 Å². The van der Waals surface area contributed by atoms with E-state index in [4.69, 9.17) is 5.41 Å². The van der Waals surface area contributed by atoms with Crippen molar-refractivity contribution in [3.8, 4) is 0 Å². The lowest BCUT2D eigenvalue weighted by atomic mass is 9.96. The fraction of sp³-hybridized carbons (Fsp3) is 0.571. The summed E-state index contributed by atoms with van der Waals surface area (Å²) in [5, 5.41) is 7.74. The molecule has 102 valence electrons. The van der Waals surface area contributed by atoms with Crippen molar-refractivity contribution in [2.24, 2.45) is 0 Å². The molecule has 1 aliphatic carbocycles. The molecular formula is C14H20N4O. The summed E-state index contributed by atoms with van der Waals surface area (Å²) < 4.78 is 0. The van der Waals surface area contributed by atoms with Crippen molar-refractivity contribution in [3.63, 3.8) is 0 Å². The highest BCUT2D eigenvalue weighted by Crippen LogP contribution is 2.21. The minimum Gasteiger partial charge on any atom is -0.354 e.